The topological polar surface area (TPSA) is 72.7 Å². The maximum absolute atomic E-state index is 13.2. The molecule has 2 aliphatic carbocycles. The van der Waals surface area contributed by atoms with Crippen LogP contribution in [0.2, 0.25) is 0 Å². The summed E-state index contributed by atoms with van der Waals surface area (Å²) >= 11 is 0. The molecule has 2 saturated carbocycles. The average Bonchev–Trinajstić information content (AvgIpc) is 2.81. The minimum absolute atomic E-state index is 0.0297. The van der Waals surface area contributed by atoms with Gasteiger partial charge in [-0.2, -0.15) is 0 Å². The van der Waals surface area contributed by atoms with Crippen molar-refractivity contribution in [1.82, 2.24) is 4.90 Å². The van der Waals surface area contributed by atoms with E-state index in [1.54, 1.807) is 12.1 Å². The summed E-state index contributed by atoms with van der Waals surface area (Å²) < 4.78 is 6.64. The third-order valence-corrected chi connectivity index (χ3v) is 8.00. The van der Waals surface area contributed by atoms with Gasteiger partial charge in [0.1, 0.15) is 6.23 Å². The van der Waals surface area contributed by atoms with Gasteiger partial charge in [-0.3, -0.25) is 14.9 Å². The minimum Gasteiger partial charge on any atom is -0.354 e. The first kappa shape index (κ1) is 18.1. The Bertz CT molecular complexity index is 820. The summed E-state index contributed by atoms with van der Waals surface area (Å²) in [6.45, 7) is 6.74. The second-order valence-electron chi connectivity index (χ2n) is 9.83. The molecule has 7 atom stereocenters. The van der Waals surface area contributed by atoms with Crippen LogP contribution in [0.25, 0.3) is 0 Å². The Morgan fingerprint density at radius 3 is 2.54 bits per heavy atom. The summed E-state index contributed by atoms with van der Waals surface area (Å²) in [6.07, 6.45) is 4.29. The van der Waals surface area contributed by atoms with Gasteiger partial charge in [0, 0.05) is 35.4 Å². The molecule has 6 heteroatoms. The lowest BCUT2D eigenvalue weighted by molar-refractivity contribution is -0.384. The molecule has 5 rings (SSSR count). The van der Waals surface area contributed by atoms with Gasteiger partial charge in [0.15, 0.2) is 0 Å². The van der Waals surface area contributed by atoms with Crippen molar-refractivity contribution in [3.63, 3.8) is 0 Å². The van der Waals surface area contributed by atoms with Crippen molar-refractivity contribution in [1.29, 1.82) is 0 Å². The maximum atomic E-state index is 13.2. The van der Waals surface area contributed by atoms with E-state index in [1.807, 2.05) is 12.1 Å². The molecule has 0 spiro atoms. The average molecular weight is 384 g/mol. The first-order chi connectivity index (χ1) is 13.3. The summed E-state index contributed by atoms with van der Waals surface area (Å²) in [5, 5.41) is 10.9. The number of amides is 1. The van der Waals surface area contributed by atoms with Crippen LogP contribution in [-0.4, -0.2) is 33.6 Å². The van der Waals surface area contributed by atoms with E-state index in [0.29, 0.717) is 11.8 Å². The number of non-ortho nitro benzene ring substituents is 1. The number of fused-ring (bicyclic) bond motifs is 4. The molecule has 1 aromatic carbocycles. The molecule has 2 heterocycles. The van der Waals surface area contributed by atoms with Gasteiger partial charge in [0.2, 0.25) is 5.91 Å². The SMILES string of the molecule is C[C@@H]1CC[C@@H]2[C@@H](C1)O[C@H]1[C@@H]3[C@@H](C[C@H]3c3ccc([N+](=O)[O-])cc3)C(=O)N1C2(C)C. The Balaban J connectivity index is 1.44. The second-order valence-corrected chi connectivity index (χ2v) is 9.83. The van der Waals surface area contributed by atoms with Crippen LogP contribution < -0.4 is 0 Å². The van der Waals surface area contributed by atoms with Crippen molar-refractivity contribution in [3.05, 3.63) is 39.9 Å². The van der Waals surface area contributed by atoms with Gasteiger partial charge < -0.3 is 9.64 Å². The summed E-state index contributed by atoms with van der Waals surface area (Å²) in [5.41, 5.74) is 1.02. The lowest BCUT2D eigenvalue weighted by atomic mass is 9.63. The molecule has 28 heavy (non-hydrogen) atoms. The lowest BCUT2D eigenvalue weighted by Gasteiger charge is -2.56. The van der Waals surface area contributed by atoms with Crippen LogP contribution in [0.1, 0.15) is 57.9 Å². The number of carbonyl (C=O) groups excluding carboxylic acids is 1. The molecule has 1 amide bonds. The third kappa shape index (κ3) is 2.39. The van der Waals surface area contributed by atoms with Crippen molar-refractivity contribution < 1.29 is 14.5 Å². The number of nitro benzene ring substituents is 1. The van der Waals surface area contributed by atoms with Crippen molar-refractivity contribution in [3.8, 4) is 0 Å². The van der Waals surface area contributed by atoms with Gasteiger partial charge in [-0.25, -0.2) is 0 Å². The van der Waals surface area contributed by atoms with Gasteiger partial charge >= 0.3 is 0 Å². The number of nitrogens with zero attached hydrogens (tertiary/aromatic N) is 2. The monoisotopic (exact) mass is 384 g/mol. The van der Waals surface area contributed by atoms with E-state index in [2.05, 4.69) is 25.7 Å². The molecule has 0 bridgehead atoms. The lowest BCUT2D eigenvalue weighted by Crippen LogP contribution is -2.64. The molecule has 0 aromatic heterocycles. The molecule has 4 aliphatic rings. The molecule has 0 N–H and O–H groups in total. The Morgan fingerprint density at radius 1 is 1.14 bits per heavy atom. The van der Waals surface area contributed by atoms with Crippen LogP contribution in [0, 0.1) is 33.8 Å². The number of hydrogen-bond donors (Lipinski definition) is 0. The summed E-state index contributed by atoms with van der Waals surface area (Å²) in [4.78, 5) is 25.9. The molecule has 2 saturated heterocycles. The van der Waals surface area contributed by atoms with E-state index >= 15 is 0 Å². The van der Waals surface area contributed by atoms with E-state index in [0.717, 1.165) is 24.8 Å². The molecular formula is C22H28N2O4. The molecule has 150 valence electrons. The predicted molar refractivity (Wildman–Crippen MR) is 104 cm³/mol. The zero-order valence-corrected chi connectivity index (χ0v) is 16.7. The van der Waals surface area contributed by atoms with E-state index in [1.165, 1.54) is 6.42 Å². The number of rotatable bonds is 2. The first-order valence-corrected chi connectivity index (χ1v) is 10.5. The fourth-order valence-corrected chi connectivity index (χ4v) is 6.42. The summed E-state index contributed by atoms with van der Waals surface area (Å²) in [7, 11) is 0. The van der Waals surface area contributed by atoms with E-state index in [9.17, 15) is 14.9 Å². The van der Waals surface area contributed by atoms with Crippen molar-refractivity contribution >= 4 is 11.6 Å². The van der Waals surface area contributed by atoms with Gasteiger partial charge in [0.05, 0.1) is 11.0 Å². The van der Waals surface area contributed by atoms with Gasteiger partial charge in [-0.15, -0.1) is 0 Å². The maximum Gasteiger partial charge on any atom is 0.269 e. The molecule has 4 fully saturated rings. The third-order valence-electron chi connectivity index (χ3n) is 8.00. The highest BCUT2D eigenvalue weighted by Gasteiger charge is 2.66. The predicted octanol–water partition coefficient (Wildman–Crippen LogP) is 4.10. The van der Waals surface area contributed by atoms with E-state index < -0.39 is 0 Å². The highest BCUT2D eigenvalue weighted by molar-refractivity contribution is 5.84. The Kier molecular flexibility index (Phi) is 3.89. The quantitative estimate of drug-likeness (QED) is 0.568. The normalized spacial score (nSPS) is 40.9. The van der Waals surface area contributed by atoms with Gasteiger partial charge in [-0.05, 0) is 50.5 Å². The zero-order valence-electron chi connectivity index (χ0n) is 16.7. The smallest absolute Gasteiger partial charge is 0.269 e. The Hall–Kier alpha value is -1.95. The Morgan fingerprint density at radius 2 is 1.86 bits per heavy atom. The van der Waals surface area contributed by atoms with Gasteiger partial charge in [0.25, 0.3) is 5.69 Å². The number of nitro groups is 1. The fourth-order valence-electron chi connectivity index (χ4n) is 6.42. The summed E-state index contributed by atoms with van der Waals surface area (Å²) in [5.74, 6) is 1.74. The zero-order chi connectivity index (χ0) is 19.8. The number of hydrogen-bond acceptors (Lipinski definition) is 4. The van der Waals surface area contributed by atoms with Crippen LogP contribution in [0.15, 0.2) is 24.3 Å². The van der Waals surface area contributed by atoms with Crippen LogP contribution in [0.3, 0.4) is 0 Å². The standard InChI is InChI=1S/C22H28N2O4/c1-12-4-9-17-18(10-12)28-21-19-15(13-5-7-14(8-6-13)24(26)27)11-16(19)20(25)23(21)22(17,2)3/h5-8,12,15-19,21H,4,9-11H2,1-3H3/t12-,15+,16-,17-,18-,19+,21+/m1/s1. The van der Waals surface area contributed by atoms with E-state index in [-0.39, 0.29) is 52.1 Å². The number of benzene rings is 1. The first-order valence-electron chi connectivity index (χ1n) is 10.5. The molecule has 2 aliphatic heterocycles. The van der Waals surface area contributed by atoms with Crippen molar-refractivity contribution in [2.75, 3.05) is 0 Å². The molecule has 0 radical (unpaired) electrons. The largest absolute Gasteiger partial charge is 0.354 e. The molecular weight excluding hydrogens is 356 g/mol. The number of carbonyl (C=O) groups is 1. The minimum atomic E-state index is -0.370. The van der Waals surface area contributed by atoms with Crippen molar-refractivity contribution in [2.45, 2.75) is 70.2 Å². The molecule has 6 nitrogen and oxygen atoms in total. The molecule has 0 unspecified atom stereocenters. The van der Waals surface area contributed by atoms with Crippen LogP contribution in [0.5, 0.6) is 0 Å². The van der Waals surface area contributed by atoms with Crippen LogP contribution in [-0.2, 0) is 9.53 Å². The Labute approximate surface area is 165 Å². The second kappa shape index (κ2) is 6.02. The highest BCUT2D eigenvalue weighted by Crippen LogP contribution is 2.60. The molecule has 1 aromatic rings. The van der Waals surface area contributed by atoms with Crippen LogP contribution >= 0.6 is 0 Å². The fraction of sp³-hybridized carbons (Fsp3) is 0.682. The number of ether oxygens (including phenoxy) is 1. The van der Waals surface area contributed by atoms with Crippen LogP contribution in [0.4, 0.5) is 5.69 Å². The van der Waals surface area contributed by atoms with Gasteiger partial charge in [-0.1, -0.05) is 25.5 Å². The van der Waals surface area contributed by atoms with Crippen molar-refractivity contribution in [2.24, 2.45) is 23.7 Å². The van der Waals surface area contributed by atoms with E-state index in [4.69, 9.17) is 4.74 Å². The summed E-state index contributed by atoms with van der Waals surface area (Å²) in [6, 6.07) is 6.85. The highest BCUT2D eigenvalue weighted by atomic mass is 16.6.